The van der Waals surface area contributed by atoms with E-state index in [2.05, 4.69) is 13.8 Å². The molecule has 0 amide bonds. The molecule has 3 atom stereocenters. The molecule has 0 aromatic heterocycles. The van der Waals surface area contributed by atoms with Gasteiger partial charge >= 0.3 is 0 Å². The number of hydrogen-bond acceptors (Lipinski definition) is 3. The van der Waals surface area contributed by atoms with Crippen LogP contribution in [0.15, 0.2) is 0 Å². The van der Waals surface area contributed by atoms with E-state index in [1.54, 1.807) is 0 Å². The molecule has 3 fully saturated rings. The first-order valence-corrected chi connectivity index (χ1v) is 9.53. The lowest BCUT2D eigenvalue weighted by atomic mass is 9.69. The fourth-order valence-electron chi connectivity index (χ4n) is 5.14. The highest BCUT2D eigenvalue weighted by atomic mass is 32.2. The smallest absolute Gasteiger partial charge is 0.215 e. The molecule has 1 heterocycles. The second kappa shape index (κ2) is 4.68. The molecule has 3 rings (SSSR count). The van der Waals surface area contributed by atoms with Crippen molar-refractivity contribution in [3.63, 3.8) is 0 Å². The molecule has 2 bridgehead atoms. The molecule has 0 unspecified atom stereocenters. The zero-order valence-corrected chi connectivity index (χ0v) is 13.7. The molecule has 116 valence electrons. The van der Waals surface area contributed by atoms with Gasteiger partial charge < -0.3 is 4.74 Å². The van der Waals surface area contributed by atoms with Crippen molar-refractivity contribution in [2.24, 2.45) is 16.7 Å². The molecule has 3 aliphatic rings. The summed E-state index contributed by atoms with van der Waals surface area (Å²) >= 11 is 0. The number of ether oxygens (including phenoxy) is 1. The molecule has 1 spiro atoms. The lowest BCUT2D eigenvalue weighted by Crippen LogP contribution is -2.42. The lowest BCUT2D eigenvalue weighted by molar-refractivity contribution is 0.103. The number of rotatable bonds is 5. The van der Waals surface area contributed by atoms with Crippen LogP contribution in [0.5, 0.6) is 0 Å². The summed E-state index contributed by atoms with van der Waals surface area (Å²) in [4.78, 5) is 0. The summed E-state index contributed by atoms with van der Waals surface area (Å²) in [5.74, 6) is 1.08. The van der Waals surface area contributed by atoms with E-state index in [-0.39, 0.29) is 16.9 Å². The molecular formula is C15H27NO3S. The Morgan fingerprint density at radius 2 is 2.10 bits per heavy atom. The molecule has 0 radical (unpaired) electrons. The van der Waals surface area contributed by atoms with Crippen LogP contribution in [-0.2, 0) is 14.8 Å². The van der Waals surface area contributed by atoms with E-state index in [9.17, 15) is 8.42 Å². The molecule has 0 aromatic rings. The van der Waals surface area contributed by atoms with Gasteiger partial charge in [-0.25, -0.2) is 8.42 Å². The molecule has 0 N–H and O–H groups in total. The average molecular weight is 301 g/mol. The summed E-state index contributed by atoms with van der Waals surface area (Å²) in [5, 5.41) is 0. The third-order valence-corrected chi connectivity index (χ3v) is 8.44. The summed E-state index contributed by atoms with van der Waals surface area (Å²) in [5.41, 5.74) is 0.196. The predicted octanol–water partition coefficient (Wildman–Crippen LogP) is 2.25. The maximum Gasteiger partial charge on any atom is 0.215 e. The highest BCUT2D eigenvalue weighted by Gasteiger charge is 2.71. The Hall–Kier alpha value is -0.130. The van der Waals surface area contributed by atoms with Crippen LogP contribution in [-0.4, -0.2) is 44.3 Å². The van der Waals surface area contributed by atoms with E-state index in [1.807, 2.05) is 11.2 Å². The Bertz CT molecular complexity index is 487. The highest BCUT2D eigenvalue weighted by Crippen LogP contribution is 2.69. The SMILES string of the molecule is CCOCCCN1[C@@H]2C[C@H]3CC[C@]2(CS1(=O)=O)C3(C)C. The fourth-order valence-corrected chi connectivity index (χ4v) is 7.74. The van der Waals surface area contributed by atoms with Crippen LogP contribution in [0.3, 0.4) is 0 Å². The minimum atomic E-state index is -3.07. The van der Waals surface area contributed by atoms with Crippen molar-refractivity contribution in [1.29, 1.82) is 0 Å². The van der Waals surface area contributed by atoms with E-state index in [0.717, 1.165) is 19.3 Å². The quantitative estimate of drug-likeness (QED) is 0.732. The summed E-state index contributed by atoms with van der Waals surface area (Å²) in [6, 6.07) is 0.253. The summed E-state index contributed by atoms with van der Waals surface area (Å²) < 4.78 is 32.4. The predicted molar refractivity (Wildman–Crippen MR) is 78.9 cm³/mol. The Kier molecular flexibility index (Phi) is 3.46. The van der Waals surface area contributed by atoms with Crippen molar-refractivity contribution >= 4 is 10.0 Å². The summed E-state index contributed by atoms with van der Waals surface area (Å²) in [7, 11) is -3.07. The van der Waals surface area contributed by atoms with Gasteiger partial charge in [0.1, 0.15) is 0 Å². The monoisotopic (exact) mass is 301 g/mol. The first-order valence-electron chi connectivity index (χ1n) is 7.92. The van der Waals surface area contributed by atoms with Crippen molar-refractivity contribution in [2.75, 3.05) is 25.5 Å². The molecule has 2 aliphatic carbocycles. The standard InChI is InChI=1S/C15H27NO3S/c1-4-19-9-5-8-16-13-10-12-6-7-15(13,14(12,2)3)11-20(16,17)18/h12-13H,4-11H2,1-3H3/t12-,13-,15-/m1/s1. The lowest BCUT2D eigenvalue weighted by Gasteiger charge is -2.37. The average Bonchev–Trinajstić information content (AvgIpc) is 2.83. The van der Waals surface area contributed by atoms with Crippen molar-refractivity contribution in [1.82, 2.24) is 4.31 Å². The highest BCUT2D eigenvalue weighted by molar-refractivity contribution is 7.89. The number of fused-ring (bicyclic) bond motifs is 1. The molecule has 1 saturated heterocycles. The first-order chi connectivity index (χ1) is 9.35. The van der Waals surface area contributed by atoms with Gasteiger partial charge in [-0.05, 0) is 43.9 Å². The molecular weight excluding hydrogens is 274 g/mol. The zero-order chi connectivity index (χ0) is 14.6. The Balaban J connectivity index is 1.80. The van der Waals surface area contributed by atoms with Gasteiger partial charge in [-0.2, -0.15) is 4.31 Å². The van der Waals surface area contributed by atoms with E-state index in [0.29, 0.717) is 31.4 Å². The summed E-state index contributed by atoms with van der Waals surface area (Å²) in [6.07, 6.45) is 4.19. The van der Waals surface area contributed by atoms with Crippen LogP contribution in [0.1, 0.15) is 46.5 Å². The topological polar surface area (TPSA) is 46.6 Å². The van der Waals surface area contributed by atoms with Gasteiger partial charge in [0.05, 0.1) is 5.75 Å². The molecule has 1 aliphatic heterocycles. The van der Waals surface area contributed by atoms with E-state index >= 15 is 0 Å². The Morgan fingerprint density at radius 3 is 2.75 bits per heavy atom. The number of hydrogen-bond donors (Lipinski definition) is 0. The van der Waals surface area contributed by atoms with Gasteiger partial charge in [0.15, 0.2) is 0 Å². The maximum atomic E-state index is 12.6. The largest absolute Gasteiger partial charge is 0.382 e. The molecule has 2 saturated carbocycles. The van der Waals surface area contributed by atoms with Gasteiger partial charge in [-0.1, -0.05) is 13.8 Å². The van der Waals surface area contributed by atoms with Gasteiger partial charge in [-0.15, -0.1) is 0 Å². The van der Waals surface area contributed by atoms with E-state index in [4.69, 9.17) is 4.74 Å². The molecule has 5 heteroatoms. The van der Waals surface area contributed by atoms with Gasteiger partial charge in [0, 0.05) is 31.2 Å². The second-order valence-electron chi connectivity index (χ2n) is 7.28. The van der Waals surface area contributed by atoms with Gasteiger partial charge in [-0.3, -0.25) is 0 Å². The minimum absolute atomic E-state index is 0.0160. The van der Waals surface area contributed by atoms with Crippen LogP contribution < -0.4 is 0 Å². The third kappa shape index (κ3) is 1.82. The van der Waals surface area contributed by atoms with Crippen LogP contribution in [0.25, 0.3) is 0 Å². The fraction of sp³-hybridized carbons (Fsp3) is 1.00. The molecule has 4 nitrogen and oxygen atoms in total. The summed E-state index contributed by atoms with van der Waals surface area (Å²) in [6.45, 7) is 8.57. The van der Waals surface area contributed by atoms with Gasteiger partial charge in [0.2, 0.25) is 10.0 Å². The van der Waals surface area contributed by atoms with Crippen molar-refractivity contribution in [3.05, 3.63) is 0 Å². The third-order valence-electron chi connectivity index (χ3n) is 6.40. The minimum Gasteiger partial charge on any atom is -0.382 e. The van der Waals surface area contributed by atoms with Gasteiger partial charge in [0.25, 0.3) is 0 Å². The second-order valence-corrected chi connectivity index (χ2v) is 9.20. The molecule has 0 aromatic carbocycles. The molecule has 20 heavy (non-hydrogen) atoms. The van der Waals surface area contributed by atoms with Crippen molar-refractivity contribution < 1.29 is 13.2 Å². The van der Waals surface area contributed by atoms with Crippen molar-refractivity contribution in [2.45, 2.75) is 52.5 Å². The van der Waals surface area contributed by atoms with Crippen LogP contribution >= 0.6 is 0 Å². The Labute approximate surface area is 122 Å². The Morgan fingerprint density at radius 1 is 1.35 bits per heavy atom. The van der Waals surface area contributed by atoms with Crippen LogP contribution in [0.2, 0.25) is 0 Å². The first kappa shape index (κ1) is 14.8. The van der Waals surface area contributed by atoms with E-state index < -0.39 is 10.0 Å². The van der Waals surface area contributed by atoms with E-state index in [1.165, 1.54) is 6.42 Å². The number of nitrogens with zero attached hydrogens (tertiary/aromatic N) is 1. The zero-order valence-electron chi connectivity index (χ0n) is 12.9. The van der Waals surface area contributed by atoms with Crippen LogP contribution in [0.4, 0.5) is 0 Å². The maximum absolute atomic E-state index is 12.6. The number of sulfonamides is 1. The van der Waals surface area contributed by atoms with Crippen LogP contribution in [0, 0.1) is 16.7 Å². The normalized spacial score (nSPS) is 41.1. The van der Waals surface area contributed by atoms with Crippen molar-refractivity contribution in [3.8, 4) is 0 Å².